The molecule has 3 aromatic rings. The van der Waals surface area contributed by atoms with Crippen LogP contribution in [0, 0.1) is 11.3 Å². The molecule has 0 radical (unpaired) electrons. The van der Waals surface area contributed by atoms with Gasteiger partial charge in [0.1, 0.15) is 5.82 Å². The van der Waals surface area contributed by atoms with Gasteiger partial charge in [-0.3, -0.25) is 0 Å². The first-order chi connectivity index (χ1) is 10.4. The van der Waals surface area contributed by atoms with E-state index in [0.29, 0.717) is 5.56 Å². The van der Waals surface area contributed by atoms with E-state index in [9.17, 15) is 5.26 Å². The third-order valence-corrected chi connectivity index (χ3v) is 4.07. The van der Waals surface area contributed by atoms with Gasteiger partial charge in [-0.2, -0.15) is 5.26 Å². The van der Waals surface area contributed by atoms with Crippen LogP contribution in [0.3, 0.4) is 0 Å². The molecule has 0 saturated heterocycles. The Bertz CT molecular complexity index is 895. The largest absolute Gasteiger partial charge is 0.319 e. The molecule has 3 nitrogen and oxygen atoms in total. The van der Waals surface area contributed by atoms with Crippen molar-refractivity contribution in [3.05, 3.63) is 52.5 Å². The minimum Gasteiger partial charge on any atom is -0.319 e. The Hall–Kier alpha value is -2.12. The van der Waals surface area contributed by atoms with Gasteiger partial charge in [0.05, 0.1) is 22.7 Å². The Morgan fingerprint density at radius 3 is 2.55 bits per heavy atom. The smallest absolute Gasteiger partial charge is 0.142 e. The number of rotatable bonds is 1. The molecule has 0 unspecified atom stereocenters. The zero-order valence-corrected chi connectivity index (χ0v) is 14.3. The highest BCUT2D eigenvalue weighted by Gasteiger charge is 2.23. The molecule has 0 spiro atoms. The number of fused-ring (bicyclic) bond motifs is 1. The summed E-state index contributed by atoms with van der Waals surface area (Å²) in [6.07, 6.45) is 0. The van der Waals surface area contributed by atoms with Crippen LogP contribution in [-0.4, -0.2) is 9.55 Å². The van der Waals surface area contributed by atoms with Crippen LogP contribution in [0.1, 0.15) is 26.3 Å². The Balaban J connectivity index is 2.41. The maximum atomic E-state index is 9.40. The van der Waals surface area contributed by atoms with Gasteiger partial charge in [0.2, 0.25) is 0 Å². The van der Waals surface area contributed by atoms with Crippen molar-refractivity contribution in [1.29, 1.82) is 5.26 Å². The Kier molecular flexibility index (Phi) is 3.54. The number of hydrogen-bond donors (Lipinski definition) is 0. The van der Waals surface area contributed by atoms with E-state index in [2.05, 4.69) is 53.4 Å². The van der Waals surface area contributed by atoms with Crippen molar-refractivity contribution in [3.8, 4) is 17.5 Å². The fraction of sp³-hybridized carbons (Fsp3) is 0.222. The molecule has 0 atom stereocenters. The molecule has 0 aliphatic heterocycles. The van der Waals surface area contributed by atoms with Crippen molar-refractivity contribution in [3.63, 3.8) is 0 Å². The third-order valence-electron chi connectivity index (χ3n) is 3.58. The summed E-state index contributed by atoms with van der Waals surface area (Å²) in [5.74, 6) is 0.831. The second-order valence-electron chi connectivity index (χ2n) is 6.23. The van der Waals surface area contributed by atoms with Crippen LogP contribution >= 0.6 is 15.9 Å². The SMILES string of the molecule is CC(C)(C)n1c(-c2ccccc2C#N)nc2cc(Br)ccc21. The molecule has 1 heterocycles. The highest BCUT2D eigenvalue weighted by atomic mass is 79.9. The summed E-state index contributed by atoms with van der Waals surface area (Å²) in [4.78, 5) is 4.80. The topological polar surface area (TPSA) is 41.6 Å². The van der Waals surface area contributed by atoms with Crippen molar-refractivity contribution in [2.24, 2.45) is 0 Å². The summed E-state index contributed by atoms with van der Waals surface area (Å²) in [5, 5.41) is 9.40. The zero-order chi connectivity index (χ0) is 15.9. The van der Waals surface area contributed by atoms with Crippen molar-refractivity contribution in [2.45, 2.75) is 26.3 Å². The first-order valence-corrected chi connectivity index (χ1v) is 7.89. The Morgan fingerprint density at radius 2 is 1.86 bits per heavy atom. The predicted octanol–water partition coefficient (Wildman–Crippen LogP) is 5.09. The van der Waals surface area contributed by atoms with E-state index in [0.717, 1.165) is 26.9 Å². The lowest BCUT2D eigenvalue weighted by Gasteiger charge is -2.25. The number of nitrogens with zero attached hydrogens (tertiary/aromatic N) is 3. The van der Waals surface area contributed by atoms with Crippen LogP contribution in [0.4, 0.5) is 0 Å². The molecule has 2 aromatic carbocycles. The molecule has 0 fully saturated rings. The lowest BCUT2D eigenvalue weighted by Crippen LogP contribution is -2.22. The molecule has 0 bridgehead atoms. The molecular weight excluding hydrogens is 338 g/mol. The van der Waals surface area contributed by atoms with Crippen LogP contribution in [-0.2, 0) is 5.54 Å². The van der Waals surface area contributed by atoms with Gasteiger partial charge in [0.15, 0.2) is 0 Å². The fourth-order valence-electron chi connectivity index (χ4n) is 2.69. The van der Waals surface area contributed by atoms with Crippen molar-refractivity contribution in [1.82, 2.24) is 9.55 Å². The van der Waals surface area contributed by atoms with Crippen molar-refractivity contribution >= 4 is 27.0 Å². The number of aromatic nitrogens is 2. The number of imidazole rings is 1. The standard InChI is InChI=1S/C18H16BrN3/c1-18(2,3)22-16-9-8-13(19)10-15(16)21-17(22)14-7-5-4-6-12(14)11-20/h4-10H,1-3H3. The number of benzene rings is 2. The van der Waals surface area contributed by atoms with E-state index in [4.69, 9.17) is 4.98 Å². The minimum absolute atomic E-state index is 0.138. The molecule has 3 rings (SSSR count). The third kappa shape index (κ3) is 2.42. The molecule has 0 amide bonds. The maximum Gasteiger partial charge on any atom is 0.142 e. The van der Waals surface area contributed by atoms with Crippen LogP contribution in [0.15, 0.2) is 46.9 Å². The average molecular weight is 354 g/mol. The molecule has 22 heavy (non-hydrogen) atoms. The first-order valence-electron chi connectivity index (χ1n) is 7.10. The summed E-state index contributed by atoms with van der Waals surface area (Å²) in [7, 11) is 0. The first kappa shape index (κ1) is 14.8. The highest BCUT2D eigenvalue weighted by molar-refractivity contribution is 9.10. The molecule has 0 saturated carbocycles. The van der Waals surface area contributed by atoms with Crippen LogP contribution in [0.5, 0.6) is 0 Å². The van der Waals surface area contributed by atoms with E-state index >= 15 is 0 Å². The van der Waals surface area contributed by atoms with E-state index < -0.39 is 0 Å². The zero-order valence-electron chi connectivity index (χ0n) is 12.8. The second kappa shape index (κ2) is 5.26. The maximum absolute atomic E-state index is 9.40. The van der Waals surface area contributed by atoms with Crippen LogP contribution < -0.4 is 0 Å². The van der Waals surface area contributed by atoms with Gasteiger partial charge in [0.25, 0.3) is 0 Å². The summed E-state index contributed by atoms with van der Waals surface area (Å²) < 4.78 is 3.20. The highest BCUT2D eigenvalue weighted by Crippen LogP contribution is 2.33. The molecule has 0 aliphatic carbocycles. The fourth-order valence-corrected chi connectivity index (χ4v) is 3.04. The second-order valence-corrected chi connectivity index (χ2v) is 7.15. The Labute approximate surface area is 138 Å². The van der Waals surface area contributed by atoms with Gasteiger partial charge < -0.3 is 4.57 Å². The molecule has 4 heteroatoms. The number of hydrogen-bond acceptors (Lipinski definition) is 2. The molecular formula is C18H16BrN3. The van der Waals surface area contributed by atoms with Gasteiger partial charge in [-0.05, 0) is 51.1 Å². The van der Waals surface area contributed by atoms with Gasteiger partial charge in [0, 0.05) is 15.6 Å². The average Bonchev–Trinajstić information content (AvgIpc) is 2.85. The predicted molar refractivity (Wildman–Crippen MR) is 92.6 cm³/mol. The lowest BCUT2D eigenvalue weighted by atomic mass is 10.0. The minimum atomic E-state index is -0.138. The quantitative estimate of drug-likeness (QED) is 0.611. The summed E-state index contributed by atoms with van der Waals surface area (Å²) in [6, 6.07) is 16.0. The van der Waals surface area contributed by atoms with Gasteiger partial charge in [-0.25, -0.2) is 4.98 Å². The molecule has 0 N–H and O–H groups in total. The normalized spacial score (nSPS) is 11.6. The molecule has 110 valence electrons. The number of halogens is 1. The number of nitriles is 1. The van der Waals surface area contributed by atoms with E-state index in [1.807, 2.05) is 36.4 Å². The van der Waals surface area contributed by atoms with Crippen LogP contribution in [0.2, 0.25) is 0 Å². The van der Waals surface area contributed by atoms with E-state index in [1.54, 1.807) is 0 Å². The Morgan fingerprint density at radius 1 is 1.14 bits per heavy atom. The summed E-state index contributed by atoms with van der Waals surface area (Å²) in [6.45, 7) is 6.44. The summed E-state index contributed by atoms with van der Waals surface area (Å²) in [5.41, 5.74) is 3.36. The van der Waals surface area contributed by atoms with Gasteiger partial charge in [-0.1, -0.05) is 28.1 Å². The van der Waals surface area contributed by atoms with Gasteiger partial charge in [-0.15, -0.1) is 0 Å². The van der Waals surface area contributed by atoms with E-state index in [1.165, 1.54) is 0 Å². The monoisotopic (exact) mass is 353 g/mol. The van der Waals surface area contributed by atoms with Crippen LogP contribution in [0.25, 0.3) is 22.4 Å². The van der Waals surface area contributed by atoms with E-state index in [-0.39, 0.29) is 5.54 Å². The molecule has 1 aromatic heterocycles. The summed E-state index contributed by atoms with van der Waals surface area (Å²) >= 11 is 3.50. The molecule has 0 aliphatic rings. The van der Waals surface area contributed by atoms with Gasteiger partial charge >= 0.3 is 0 Å². The van der Waals surface area contributed by atoms with Crippen molar-refractivity contribution < 1.29 is 0 Å². The lowest BCUT2D eigenvalue weighted by molar-refractivity contribution is 0.413. The van der Waals surface area contributed by atoms with Crippen molar-refractivity contribution in [2.75, 3.05) is 0 Å².